The number of ether oxygens (including phenoxy) is 2. The molecule has 0 aromatic rings. The van der Waals surface area contributed by atoms with E-state index in [1.165, 1.54) is 70.6 Å². The zero-order valence-electron chi connectivity index (χ0n) is 28.9. The van der Waals surface area contributed by atoms with Crippen molar-refractivity contribution in [2.75, 3.05) is 19.7 Å². The predicted octanol–water partition coefficient (Wildman–Crippen LogP) is 8.09. The maximum absolute atomic E-state index is 12.8. The molecule has 0 bridgehead atoms. The third kappa shape index (κ3) is 19.5. The van der Waals surface area contributed by atoms with Crippen LogP contribution in [0, 0.1) is 11.3 Å². The number of carbonyl (C=O) groups excluding carboxylic acids is 2. The van der Waals surface area contributed by atoms with Crippen LogP contribution in [0.5, 0.6) is 0 Å². The fraction of sp³-hybridized carbons (Fsp3) is 0.861. The van der Waals surface area contributed by atoms with Gasteiger partial charge in [0.05, 0.1) is 12.5 Å². The molecule has 1 aliphatic heterocycles. The standard InChI is InChI=1S/C36H66N2O6/c1-6-7-8-9-10-11-12-13-14-15-16-17-18-19-23-26-31(39)37-27-24-21-20-22-25-30(34(41)42)28-38-33(40)32-35(2,3)29-43-36(4,5)44-32/h13-14,30,32H,6-12,15-29H2,1-5H3,(H,37,39)(H,38,40)(H,41,42). The van der Waals surface area contributed by atoms with E-state index < -0.39 is 29.2 Å². The number of nitrogens with one attached hydrogen (secondary N) is 2. The summed E-state index contributed by atoms with van der Waals surface area (Å²) >= 11 is 0. The normalized spacial score (nSPS) is 18.2. The van der Waals surface area contributed by atoms with Gasteiger partial charge in [-0.15, -0.1) is 0 Å². The number of amides is 2. The number of aliphatic carboxylic acids is 1. The van der Waals surface area contributed by atoms with Gasteiger partial charge in [0.2, 0.25) is 11.8 Å². The zero-order chi connectivity index (χ0) is 32.7. The summed E-state index contributed by atoms with van der Waals surface area (Å²) in [6, 6.07) is 0. The van der Waals surface area contributed by atoms with Crippen LogP contribution >= 0.6 is 0 Å². The van der Waals surface area contributed by atoms with E-state index in [1.54, 1.807) is 13.8 Å². The van der Waals surface area contributed by atoms with E-state index in [-0.39, 0.29) is 18.4 Å². The highest BCUT2D eigenvalue weighted by atomic mass is 16.7. The predicted molar refractivity (Wildman–Crippen MR) is 178 cm³/mol. The molecule has 1 heterocycles. The number of rotatable bonds is 26. The molecule has 2 atom stereocenters. The molecule has 256 valence electrons. The number of carbonyl (C=O) groups is 3. The fourth-order valence-electron chi connectivity index (χ4n) is 5.49. The summed E-state index contributed by atoms with van der Waals surface area (Å²) in [5, 5.41) is 15.5. The Labute approximate surface area is 268 Å². The third-order valence-electron chi connectivity index (χ3n) is 8.48. The molecule has 1 fully saturated rings. The van der Waals surface area contributed by atoms with Crippen LogP contribution in [0.3, 0.4) is 0 Å². The molecule has 0 radical (unpaired) electrons. The molecule has 3 N–H and O–H groups in total. The summed E-state index contributed by atoms with van der Waals surface area (Å²) in [6.45, 7) is 10.7. The van der Waals surface area contributed by atoms with E-state index in [4.69, 9.17) is 9.47 Å². The van der Waals surface area contributed by atoms with Gasteiger partial charge < -0.3 is 25.2 Å². The van der Waals surface area contributed by atoms with Crippen molar-refractivity contribution in [2.24, 2.45) is 11.3 Å². The maximum Gasteiger partial charge on any atom is 0.308 e. The Bertz CT molecular complexity index is 825. The molecule has 0 aromatic carbocycles. The minimum atomic E-state index is -0.902. The van der Waals surface area contributed by atoms with Crippen molar-refractivity contribution in [3.8, 4) is 0 Å². The summed E-state index contributed by atoms with van der Waals surface area (Å²) < 4.78 is 11.5. The Morgan fingerprint density at radius 3 is 2.00 bits per heavy atom. The monoisotopic (exact) mass is 622 g/mol. The molecule has 1 aliphatic rings. The quantitative estimate of drug-likeness (QED) is 0.0664. The van der Waals surface area contributed by atoms with Gasteiger partial charge in [0, 0.05) is 24.9 Å². The van der Waals surface area contributed by atoms with Crippen molar-refractivity contribution in [3.63, 3.8) is 0 Å². The van der Waals surface area contributed by atoms with Crippen molar-refractivity contribution >= 4 is 17.8 Å². The van der Waals surface area contributed by atoms with Crippen molar-refractivity contribution < 1.29 is 29.0 Å². The molecule has 8 heteroatoms. The van der Waals surface area contributed by atoms with E-state index >= 15 is 0 Å². The van der Waals surface area contributed by atoms with Crippen molar-refractivity contribution in [2.45, 2.75) is 169 Å². The first-order valence-corrected chi connectivity index (χ1v) is 17.7. The summed E-state index contributed by atoms with van der Waals surface area (Å²) in [6.07, 6.45) is 24.8. The smallest absolute Gasteiger partial charge is 0.308 e. The zero-order valence-corrected chi connectivity index (χ0v) is 28.9. The highest BCUT2D eigenvalue weighted by molar-refractivity contribution is 5.82. The molecular formula is C36H66N2O6. The lowest BCUT2D eigenvalue weighted by molar-refractivity contribution is -0.304. The molecule has 0 aliphatic carbocycles. The first-order chi connectivity index (χ1) is 21.0. The number of unbranched alkanes of at least 4 members (excludes halogenated alkanes) is 14. The number of hydrogen-bond acceptors (Lipinski definition) is 5. The molecule has 0 saturated carbocycles. The second kappa shape index (κ2) is 23.4. The Balaban J connectivity index is 2.01. The second-order valence-electron chi connectivity index (χ2n) is 13.8. The van der Waals surface area contributed by atoms with Gasteiger partial charge in [-0.2, -0.15) is 0 Å². The average molecular weight is 623 g/mol. The van der Waals surface area contributed by atoms with Crippen LogP contribution in [0.15, 0.2) is 12.2 Å². The molecule has 1 saturated heterocycles. The van der Waals surface area contributed by atoms with E-state index in [9.17, 15) is 19.5 Å². The van der Waals surface area contributed by atoms with Crippen LogP contribution in [0.1, 0.15) is 157 Å². The minimum absolute atomic E-state index is 0.0812. The lowest BCUT2D eigenvalue weighted by atomic mass is 9.85. The van der Waals surface area contributed by atoms with Gasteiger partial charge in [-0.05, 0) is 58.8 Å². The second-order valence-corrected chi connectivity index (χ2v) is 13.8. The first-order valence-electron chi connectivity index (χ1n) is 17.7. The Morgan fingerprint density at radius 1 is 0.795 bits per heavy atom. The third-order valence-corrected chi connectivity index (χ3v) is 8.48. The van der Waals surface area contributed by atoms with Gasteiger partial charge in [-0.3, -0.25) is 14.4 Å². The largest absolute Gasteiger partial charge is 0.481 e. The Hall–Kier alpha value is -1.93. The number of carboxylic acid groups (broad SMARTS) is 1. The fourth-order valence-corrected chi connectivity index (χ4v) is 5.49. The SMILES string of the molecule is CCCCCCCCC=CCCCCCCCC(=O)NCCCCCCC(CNC(=O)C1OC(C)(C)OCC1(C)C)C(=O)O. The van der Waals surface area contributed by atoms with E-state index in [1.807, 2.05) is 13.8 Å². The summed E-state index contributed by atoms with van der Waals surface area (Å²) in [7, 11) is 0. The van der Waals surface area contributed by atoms with Crippen LogP contribution in [-0.4, -0.2) is 54.5 Å². The lowest BCUT2D eigenvalue weighted by Crippen LogP contribution is -2.57. The summed E-state index contributed by atoms with van der Waals surface area (Å²) in [4.78, 5) is 36.7. The van der Waals surface area contributed by atoms with Crippen LogP contribution in [0.4, 0.5) is 0 Å². The van der Waals surface area contributed by atoms with Gasteiger partial charge in [0.25, 0.3) is 0 Å². The van der Waals surface area contributed by atoms with Crippen LogP contribution in [-0.2, 0) is 23.9 Å². The molecule has 0 aromatic heterocycles. The first kappa shape index (κ1) is 40.1. The summed E-state index contributed by atoms with van der Waals surface area (Å²) in [5.74, 6) is -2.56. The number of allylic oxidation sites excluding steroid dienone is 2. The van der Waals surface area contributed by atoms with E-state index in [0.29, 0.717) is 26.0 Å². The van der Waals surface area contributed by atoms with Crippen molar-refractivity contribution in [1.82, 2.24) is 10.6 Å². The van der Waals surface area contributed by atoms with Gasteiger partial charge >= 0.3 is 5.97 Å². The summed E-state index contributed by atoms with van der Waals surface area (Å²) in [5.41, 5.74) is -0.502. The van der Waals surface area contributed by atoms with Crippen molar-refractivity contribution in [3.05, 3.63) is 12.2 Å². The van der Waals surface area contributed by atoms with Crippen LogP contribution in [0.2, 0.25) is 0 Å². The van der Waals surface area contributed by atoms with Gasteiger partial charge in [0.1, 0.15) is 6.10 Å². The molecule has 8 nitrogen and oxygen atoms in total. The van der Waals surface area contributed by atoms with Gasteiger partial charge in [-0.1, -0.05) is 104 Å². The lowest BCUT2D eigenvalue weighted by Gasteiger charge is -2.44. The molecule has 2 unspecified atom stereocenters. The highest BCUT2D eigenvalue weighted by Crippen LogP contribution is 2.34. The topological polar surface area (TPSA) is 114 Å². The Morgan fingerprint density at radius 2 is 1.36 bits per heavy atom. The van der Waals surface area contributed by atoms with Crippen LogP contribution in [0.25, 0.3) is 0 Å². The Kier molecular flexibility index (Phi) is 21.3. The molecular weight excluding hydrogens is 556 g/mol. The minimum Gasteiger partial charge on any atom is -0.481 e. The van der Waals surface area contributed by atoms with E-state index in [2.05, 4.69) is 29.7 Å². The number of hydrogen-bond donors (Lipinski definition) is 3. The van der Waals surface area contributed by atoms with Crippen LogP contribution < -0.4 is 10.6 Å². The molecule has 1 rings (SSSR count). The number of carboxylic acids is 1. The van der Waals surface area contributed by atoms with Gasteiger partial charge in [-0.25, -0.2) is 0 Å². The van der Waals surface area contributed by atoms with Crippen molar-refractivity contribution in [1.29, 1.82) is 0 Å². The molecule has 2 amide bonds. The molecule has 0 spiro atoms. The highest BCUT2D eigenvalue weighted by Gasteiger charge is 2.45. The average Bonchev–Trinajstić information content (AvgIpc) is 2.97. The van der Waals surface area contributed by atoms with Gasteiger partial charge in [0.15, 0.2) is 5.79 Å². The maximum atomic E-state index is 12.8. The van der Waals surface area contributed by atoms with E-state index in [0.717, 1.165) is 38.5 Å². The molecule has 44 heavy (non-hydrogen) atoms.